The maximum atomic E-state index is 11.9. The van der Waals surface area contributed by atoms with Crippen molar-refractivity contribution in [1.29, 1.82) is 0 Å². The van der Waals surface area contributed by atoms with E-state index in [2.05, 4.69) is 19.8 Å². The van der Waals surface area contributed by atoms with Crippen molar-refractivity contribution in [2.75, 3.05) is 51.2 Å². The van der Waals surface area contributed by atoms with Gasteiger partial charge in [-0.05, 0) is 20.8 Å². The monoisotopic (exact) mass is 355 g/mol. The van der Waals surface area contributed by atoms with Gasteiger partial charge < -0.3 is 14.5 Å². The van der Waals surface area contributed by atoms with Crippen LogP contribution in [-0.2, 0) is 4.74 Å². The third-order valence-electron chi connectivity index (χ3n) is 3.72. The van der Waals surface area contributed by atoms with E-state index >= 15 is 0 Å². The van der Waals surface area contributed by atoms with E-state index in [1.807, 2.05) is 20.8 Å². The molecule has 2 heterocycles. The molecule has 0 unspecified atom stereocenters. The van der Waals surface area contributed by atoms with Gasteiger partial charge in [-0.3, -0.25) is 4.90 Å². The summed E-state index contributed by atoms with van der Waals surface area (Å²) in [6.07, 6.45) is 2.95. The molecule has 1 aromatic rings. The van der Waals surface area contributed by atoms with Crippen molar-refractivity contribution in [3.8, 4) is 0 Å². The number of hydrogen-bond donors (Lipinski definition) is 0. The number of carbonyl (C=O) groups is 1. The Bertz CT molecular complexity index is 538. The summed E-state index contributed by atoms with van der Waals surface area (Å²) in [7, 11) is 1.77. The Morgan fingerprint density at radius 2 is 1.83 bits per heavy atom. The first-order valence-corrected chi connectivity index (χ1v) is 8.51. The van der Waals surface area contributed by atoms with E-state index in [0.717, 1.165) is 32.7 Å². The standard InChI is InChI=1S/C16H26ClN5O2/c1-16(2,3)24-15(23)20(4)5-6-21-7-9-22(10-8-21)14-18-11-13(17)12-19-14/h11-12H,5-10H2,1-4H3. The topological polar surface area (TPSA) is 61.8 Å². The zero-order valence-electron chi connectivity index (χ0n) is 14.8. The van der Waals surface area contributed by atoms with E-state index in [1.54, 1.807) is 24.3 Å². The third-order valence-corrected chi connectivity index (χ3v) is 3.91. The van der Waals surface area contributed by atoms with Gasteiger partial charge in [-0.1, -0.05) is 11.6 Å². The Kier molecular flexibility index (Phi) is 6.23. The van der Waals surface area contributed by atoms with Crippen LogP contribution < -0.4 is 4.90 Å². The second-order valence-electron chi connectivity index (χ2n) is 6.93. The third kappa shape index (κ3) is 5.79. The lowest BCUT2D eigenvalue weighted by molar-refractivity contribution is 0.0282. The van der Waals surface area contributed by atoms with Crippen molar-refractivity contribution < 1.29 is 9.53 Å². The Morgan fingerprint density at radius 3 is 2.38 bits per heavy atom. The normalized spacial score (nSPS) is 16.1. The van der Waals surface area contributed by atoms with Gasteiger partial charge in [0.25, 0.3) is 0 Å². The molecular weight excluding hydrogens is 330 g/mol. The lowest BCUT2D eigenvalue weighted by atomic mass is 10.2. The molecule has 1 aliphatic rings. The van der Waals surface area contributed by atoms with E-state index in [-0.39, 0.29) is 6.09 Å². The molecule has 0 saturated carbocycles. The maximum absolute atomic E-state index is 11.9. The van der Waals surface area contributed by atoms with E-state index in [4.69, 9.17) is 16.3 Å². The summed E-state index contributed by atoms with van der Waals surface area (Å²) in [5.74, 6) is 0.713. The smallest absolute Gasteiger partial charge is 0.410 e. The number of anilines is 1. The Balaban J connectivity index is 1.73. The molecule has 0 atom stereocenters. The number of hydrogen-bond acceptors (Lipinski definition) is 6. The Hall–Kier alpha value is -1.60. The second-order valence-corrected chi connectivity index (χ2v) is 7.37. The molecule has 0 aliphatic carbocycles. The SMILES string of the molecule is CN(CCN1CCN(c2ncc(Cl)cn2)CC1)C(=O)OC(C)(C)C. The van der Waals surface area contributed by atoms with Crippen LogP contribution in [0.5, 0.6) is 0 Å². The number of amides is 1. The molecule has 0 radical (unpaired) electrons. The summed E-state index contributed by atoms with van der Waals surface area (Å²) in [6.45, 7) is 10.6. The summed E-state index contributed by atoms with van der Waals surface area (Å²) in [5.41, 5.74) is -0.463. The van der Waals surface area contributed by atoms with Crippen molar-refractivity contribution >= 4 is 23.6 Å². The molecule has 0 bridgehead atoms. The van der Waals surface area contributed by atoms with Gasteiger partial charge in [0.05, 0.1) is 17.4 Å². The van der Waals surface area contributed by atoms with Gasteiger partial charge in [-0.15, -0.1) is 0 Å². The van der Waals surface area contributed by atoms with Crippen LogP contribution in [-0.4, -0.2) is 77.8 Å². The number of nitrogens with zero attached hydrogens (tertiary/aromatic N) is 5. The van der Waals surface area contributed by atoms with Crippen LogP contribution in [0, 0.1) is 0 Å². The summed E-state index contributed by atoms with van der Waals surface area (Å²) in [4.78, 5) is 26.5. The van der Waals surface area contributed by atoms with Crippen LogP contribution in [0.25, 0.3) is 0 Å². The molecule has 1 aromatic heterocycles. The molecule has 0 aromatic carbocycles. The fraction of sp³-hybridized carbons (Fsp3) is 0.688. The number of likely N-dealkylation sites (N-methyl/N-ethyl adjacent to an activating group) is 1. The van der Waals surface area contributed by atoms with Gasteiger partial charge in [-0.2, -0.15) is 0 Å². The van der Waals surface area contributed by atoms with Crippen molar-refractivity contribution in [3.05, 3.63) is 17.4 Å². The highest BCUT2D eigenvalue weighted by Crippen LogP contribution is 2.13. The first-order valence-electron chi connectivity index (χ1n) is 8.13. The highest BCUT2D eigenvalue weighted by atomic mass is 35.5. The molecular formula is C16H26ClN5O2. The minimum Gasteiger partial charge on any atom is -0.444 e. The lowest BCUT2D eigenvalue weighted by Gasteiger charge is -2.35. The molecule has 1 fully saturated rings. The number of piperazine rings is 1. The van der Waals surface area contributed by atoms with Crippen LogP contribution >= 0.6 is 11.6 Å². The Morgan fingerprint density at radius 1 is 1.25 bits per heavy atom. The van der Waals surface area contributed by atoms with Gasteiger partial charge in [0.1, 0.15) is 5.60 Å². The highest BCUT2D eigenvalue weighted by molar-refractivity contribution is 6.30. The number of carbonyl (C=O) groups excluding carboxylic acids is 1. The van der Waals surface area contributed by atoms with E-state index in [0.29, 0.717) is 17.5 Å². The molecule has 0 N–H and O–H groups in total. The minimum absolute atomic E-state index is 0.282. The number of aromatic nitrogens is 2. The average Bonchev–Trinajstić information content (AvgIpc) is 2.52. The second kappa shape index (κ2) is 7.98. The van der Waals surface area contributed by atoms with Crippen LogP contribution in [0.1, 0.15) is 20.8 Å². The van der Waals surface area contributed by atoms with Crippen LogP contribution in [0.2, 0.25) is 5.02 Å². The summed E-state index contributed by atoms with van der Waals surface area (Å²) < 4.78 is 5.36. The van der Waals surface area contributed by atoms with Crippen LogP contribution in [0.15, 0.2) is 12.4 Å². The molecule has 0 spiro atoms. The van der Waals surface area contributed by atoms with Crippen molar-refractivity contribution in [1.82, 2.24) is 19.8 Å². The molecule has 1 saturated heterocycles. The number of rotatable bonds is 4. The van der Waals surface area contributed by atoms with Crippen LogP contribution in [0.3, 0.4) is 0 Å². The fourth-order valence-corrected chi connectivity index (χ4v) is 2.46. The lowest BCUT2D eigenvalue weighted by Crippen LogP contribution is -2.49. The molecule has 1 aliphatic heterocycles. The predicted molar refractivity (Wildman–Crippen MR) is 94.6 cm³/mol. The molecule has 7 nitrogen and oxygen atoms in total. The van der Waals surface area contributed by atoms with Gasteiger partial charge in [0.15, 0.2) is 0 Å². The van der Waals surface area contributed by atoms with Gasteiger partial charge in [0, 0.05) is 46.3 Å². The van der Waals surface area contributed by atoms with Crippen molar-refractivity contribution in [2.45, 2.75) is 26.4 Å². The summed E-state index contributed by atoms with van der Waals surface area (Å²) >= 11 is 5.82. The van der Waals surface area contributed by atoms with Crippen molar-refractivity contribution in [3.63, 3.8) is 0 Å². The first kappa shape index (κ1) is 18.7. The largest absolute Gasteiger partial charge is 0.444 e. The number of halogens is 1. The maximum Gasteiger partial charge on any atom is 0.410 e. The molecule has 24 heavy (non-hydrogen) atoms. The van der Waals surface area contributed by atoms with Gasteiger partial charge >= 0.3 is 6.09 Å². The first-order chi connectivity index (χ1) is 11.2. The quantitative estimate of drug-likeness (QED) is 0.824. The summed E-state index contributed by atoms with van der Waals surface area (Å²) in [5, 5.41) is 0.544. The van der Waals surface area contributed by atoms with Gasteiger partial charge in [-0.25, -0.2) is 14.8 Å². The Labute approximate surface area is 148 Å². The van der Waals surface area contributed by atoms with E-state index in [9.17, 15) is 4.79 Å². The van der Waals surface area contributed by atoms with Crippen molar-refractivity contribution in [2.24, 2.45) is 0 Å². The fourth-order valence-electron chi connectivity index (χ4n) is 2.36. The molecule has 2 rings (SSSR count). The van der Waals surface area contributed by atoms with Gasteiger partial charge in [0.2, 0.25) is 5.95 Å². The van der Waals surface area contributed by atoms with E-state index in [1.165, 1.54) is 0 Å². The molecule has 8 heteroatoms. The average molecular weight is 356 g/mol. The summed E-state index contributed by atoms with van der Waals surface area (Å²) in [6, 6.07) is 0. The predicted octanol–water partition coefficient (Wildman–Crippen LogP) is 2.12. The van der Waals surface area contributed by atoms with Crippen LogP contribution in [0.4, 0.5) is 10.7 Å². The number of ether oxygens (including phenoxy) is 1. The zero-order chi connectivity index (χ0) is 17.7. The highest BCUT2D eigenvalue weighted by Gasteiger charge is 2.22. The minimum atomic E-state index is -0.463. The zero-order valence-corrected chi connectivity index (χ0v) is 15.6. The molecule has 134 valence electrons. The molecule has 1 amide bonds. The van der Waals surface area contributed by atoms with E-state index < -0.39 is 5.60 Å².